The average Bonchev–Trinajstić information content (AvgIpc) is 2.06. The van der Waals surface area contributed by atoms with Gasteiger partial charge < -0.3 is 5.11 Å². The molecule has 1 saturated carbocycles. The maximum Gasteiger partial charge on any atom is 0.0433 e. The fourth-order valence-electron chi connectivity index (χ4n) is 2.37. The normalized spacial score (nSPS) is 32.2. The summed E-state index contributed by atoms with van der Waals surface area (Å²) >= 11 is 0. The van der Waals surface area contributed by atoms with E-state index in [4.69, 9.17) is 5.11 Å². The molecule has 2 atom stereocenters. The van der Waals surface area contributed by atoms with E-state index in [2.05, 4.69) is 6.92 Å². The molecule has 2 unspecified atom stereocenters. The molecule has 1 aliphatic carbocycles. The minimum absolute atomic E-state index is 0.390. The van der Waals surface area contributed by atoms with E-state index in [0.717, 1.165) is 18.3 Å². The lowest BCUT2D eigenvalue weighted by Crippen LogP contribution is -2.19. The second kappa shape index (κ2) is 4.76. The van der Waals surface area contributed by atoms with E-state index < -0.39 is 0 Å². The van der Waals surface area contributed by atoms with Crippen molar-refractivity contribution >= 4 is 0 Å². The van der Waals surface area contributed by atoms with Gasteiger partial charge in [-0.2, -0.15) is 0 Å². The van der Waals surface area contributed by atoms with Crippen LogP contribution in [0.3, 0.4) is 0 Å². The van der Waals surface area contributed by atoms with Crippen LogP contribution in [-0.4, -0.2) is 11.7 Å². The van der Waals surface area contributed by atoms with Crippen molar-refractivity contribution in [3.8, 4) is 0 Å². The molecule has 0 bridgehead atoms. The Morgan fingerprint density at radius 3 is 2.36 bits per heavy atom. The zero-order valence-electron chi connectivity index (χ0n) is 7.55. The van der Waals surface area contributed by atoms with Gasteiger partial charge in [-0.1, -0.05) is 39.0 Å². The highest BCUT2D eigenvalue weighted by Gasteiger charge is 2.22. The third kappa shape index (κ3) is 2.48. The molecule has 0 aliphatic heterocycles. The van der Waals surface area contributed by atoms with Gasteiger partial charge in [0.25, 0.3) is 0 Å². The highest BCUT2D eigenvalue weighted by molar-refractivity contribution is 4.73. The molecule has 66 valence electrons. The van der Waals surface area contributed by atoms with Gasteiger partial charge in [-0.05, 0) is 18.3 Å². The predicted molar refractivity (Wildman–Crippen MR) is 47.4 cm³/mol. The van der Waals surface area contributed by atoms with Crippen molar-refractivity contribution in [2.24, 2.45) is 11.8 Å². The third-order valence-corrected chi connectivity index (χ3v) is 3.09. The topological polar surface area (TPSA) is 20.2 Å². The fraction of sp³-hybridized carbons (Fsp3) is 1.00. The van der Waals surface area contributed by atoms with E-state index in [1.165, 1.54) is 32.1 Å². The van der Waals surface area contributed by atoms with Crippen molar-refractivity contribution in [2.75, 3.05) is 6.61 Å². The lowest BCUT2D eigenvalue weighted by Gasteiger charge is -2.30. The van der Waals surface area contributed by atoms with Crippen LogP contribution in [0.25, 0.3) is 0 Å². The molecule has 0 heterocycles. The van der Waals surface area contributed by atoms with E-state index in [0.29, 0.717) is 6.61 Å². The molecule has 0 aromatic carbocycles. The molecular weight excluding hydrogens is 136 g/mol. The Morgan fingerprint density at radius 2 is 1.82 bits per heavy atom. The van der Waals surface area contributed by atoms with Gasteiger partial charge in [-0.25, -0.2) is 0 Å². The zero-order chi connectivity index (χ0) is 8.10. The molecule has 1 nitrogen and oxygen atoms in total. The Balaban J connectivity index is 2.31. The van der Waals surface area contributed by atoms with Crippen LogP contribution >= 0.6 is 0 Å². The first-order valence-corrected chi connectivity index (χ1v) is 4.99. The van der Waals surface area contributed by atoms with Crippen molar-refractivity contribution in [3.05, 3.63) is 0 Å². The first-order valence-electron chi connectivity index (χ1n) is 4.99. The largest absolute Gasteiger partial charge is 0.396 e. The van der Waals surface area contributed by atoms with Crippen molar-refractivity contribution in [1.82, 2.24) is 0 Å². The van der Waals surface area contributed by atoms with Gasteiger partial charge in [0.1, 0.15) is 0 Å². The van der Waals surface area contributed by atoms with Crippen LogP contribution < -0.4 is 0 Å². The van der Waals surface area contributed by atoms with Gasteiger partial charge in [-0.15, -0.1) is 0 Å². The number of aliphatic hydroxyl groups excluding tert-OH is 1. The van der Waals surface area contributed by atoms with Gasteiger partial charge in [0, 0.05) is 6.61 Å². The molecule has 1 N–H and O–H groups in total. The first-order chi connectivity index (χ1) is 5.38. The summed E-state index contributed by atoms with van der Waals surface area (Å²) in [5.74, 6) is 1.75. The van der Waals surface area contributed by atoms with E-state index in [-0.39, 0.29) is 0 Å². The van der Waals surface area contributed by atoms with Gasteiger partial charge in [-0.3, -0.25) is 0 Å². The molecular formula is C10H20O. The zero-order valence-corrected chi connectivity index (χ0v) is 7.55. The quantitative estimate of drug-likeness (QED) is 0.666. The number of aliphatic hydroxyl groups is 1. The van der Waals surface area contributed by atoms with E-state index >= 15 is 0 Å². The fourth-order valence-corrected chi connectivity index (χ4v) is 2.37. The van der Waals surface area contributed by atoms with Crippen LogP contribution in [0.5, 0.6) is 0 Å². The molecule has 0 aromatic rings. The third-order valence-electron chi connectivity index (χ3n) is 3.09. The summed E-state index contributed by atoms with van der Waals surface area (Å²) in [4.78, 5) is 0. The summed E-state index contributed by atoms with van der Waals surface area (Å²) in [5.41, 5.74) is 0. The molecule has 0 saturated heterocycles. The second-order valence-corrected chi connectivity index (χ2v) is 3.73. The molecule has 0 amide bonds. The van der Waals surface area contributed by atoms with Gasteiger partial charge in [0.05, 0.1) is 0 Å². The lowest BCUT2D eigenvalue weighted by atomic mass is 9.76. The SMILES string of the molecule is CCC1CCCCC1CCO. The van der Waals surface area contributed by atoms with Crippen LogP contribution in [0.4, 0.5) is 0 Å². The maximum absolute atomic E-state index is 8.83. The molecule has 0 aromatic heterocycles. The Kier molecular flexibility index (Phi) is 3.92. The summed E-state index contributed by atoms with van der Waals surface area (Å²) in [7, 11) is 0. The molecule has 1 rings (SSSR count). The summed E-state index contributed by atoms with van der Waals surface area (Å²) in [5, 5.41) is 8.83. The molecule has 0 spiro atoms. The number of rotatable bonds is 3. The Bertz CT molecular complexity index is 99.0. The summed E-state index contributed by atoms with van der Waals surface area (Å²) < 4.78 is 0. The minimum atomic E-state index is 0.390. The van der Waals surface area contributed by atoms with Gasteiger partial charge >= 0.3 is 0 Å². The van der Waals surface area contributed by atoms with Crippen LogP contribution in [-0.2, 0) is 0 Å². The van der Waals surface area contributed by atoms with Crippen LogP contribution in [0.2, 0.25) is 0 Å². The Morgan fingerprint density at radius 1 is 1.18 bits per heavy atom. The van der Waals surface area contributed by atoms with E-state index in [9.17, 15) is 0 Å². The van der Waals surface area contributed by atoms with Crippen LogP contribution in [0.15, 0.2) is 0 Å². The van der Waals surface area contributed by atoms with E-state index in [1.54, 1.807) is 0 Å². The van der Waals surface area contributed by atoms with Crippen molar-refractivity contribution in [3.63, 3.8) is 0 Å². The highest BCUT2D eigenvalue weighted by atomic mass is 16.3. The van der Waals surface area contributed by atoms with Gasteiger partial charge in [0.15, 0.2) is 0 Å². The van der Waals surface area contributed by atoms with Crippen molar-refractivity contribution in [1.29, 1.82) is 0 Å². The molecule has 1 aliphatic rings. The standard InChI is InChI=1S/C10H20O/c1-2-9-5-3-4-6-10(9)7-8-11/h9-11H,2-8H2,1H3. The average molecular weight is 156 g/mol. The summed E-state index contributed by atoms with van der Waals surface area (Å²) in [6.07, 6.45) is 7.92. The van der Waals surface area contributed by atoms with Gasteiger partial charge in [0.2, 0.25) is 0 Å². The monoisotopic (exact) mass is 156 g/mol. The molecule has 1 fully saturated rings. The van der Waals surface area contributed by atoms with E-state index in [1.807, 2.05) is 0 Å². The summed E-state index contributed by atoms with van der Waals surface area (Å²) in [6, 6.07) is 0. The Hall–Kier alpha value is -0.0400. The Labute approximate surface area is 69.8 Å². The summed E-state index contributed by atoms with van der Waals surface area (Å²) in [6.45, 7) is 2.67. The minimum Gasteiger partial charge on any atom is -0.396 e. The van der Waals surface area contributed by atoms with Crippen molar-refractivity contribution in [2.45, 2.75) is 45.4 Å². The molecule has 11 heavy (non-hydrogen) atoms. The smallest absolute Gasteiger partial charge is 0.0433 e. The first kappa shape index (κ1) is 9.05. The highest BCUT2D eigenvalue weighted by Crippen LogP contribution is 2.33. The molecule has 0 radical (unpaired) electrons. The lowest BCUT2D eigenvalue weighted by molar-refractivity contribution is 0.172. The maximum atomic E-state index is 8.83. The predicted octanol–water partition coefficient (Wildman–Crippen LogP) is 2.59. The number of hydrogen-bond donors (Lipinski definition) is 1. The van der Waals surface area contributed by atoms with Crippen molar-refractivity contribution < 1.29 is 5.11 Å². The second-order valence-electron chi connectivity index (χ2n) is 3.73. The van der Waals surface area contributed by atoms with Crippen LogP contribution in [0.1, 0.15) is 45.4 Å². The van der Waals surface area contributed by atoms with Crippen LogP contribution in [0, 0.1) is 11.8 Å². The molecule has 1 heteroatoms. The number of hydrogen-bond acceptors (Lipinski definition) is 1.